The van der Waals surface area contributed by atoms with E-state index in [-0.39, 0.29) is 0 Å². The van der Waals surface area contributed by atoms with Gasteiger partial charge in [-0.05, 0) is 31.9 Å². The van der Waals surface area contributed by atoms with Gasteiger partial charge in [0.15, 0.2) is 0 Å². The molecule has 2 aromatic rings. The highest BCUT2D eigenvalue weighted by atomic mass is 15.0. The number of hydrogen-bond donors (Lipinski definition) is 1. The summed E-state index contributed by atoms with van der Waals surface area (Å²) < 4.78 is 0. The first-order chi connectivity index (χ1) is 8.70. The Labute approximate surface area is 108 Å². The van der Waals surface area contributed by atoms with Crippen molar-refractivity contribution in [3.05, 3.63) is 47.2 Å². The summed E-state index contributed by atoms with van der Waals surface area (Å²) in [7, 11) is 0. The summed E-state index contributed by atoms with van der Waals surface area (Å²) in [6.07, 6.45) is 4.59. The van der Waals surface area contributed by atoms with Crippen molar-refractivity contribution in [3.63, 3.8) is 0 Å². The van der Waals surface area contributed by atoms with E-state index in [0.717, 1.165) is 29.3 Å². The average Bonchev–Trinajstić information content (AvgIpc) is 2.40. The van der Waals surface area contributed by atoms with Crippen LogP contribution >= 0.6 is 0 Å². The van der Waals surface area contributed by atoms with E-state index in [1.54, 1.807) is 6.20 Å². The van der Waals surface area contributed by atoms with E-state index in [1.165, 1.54) is 5.56 Å². The number of hydrogen-bond acceptors (Lipinski definition) is 4. The first-order valence-electron chi connectivity index (χ1n) is 6.17. The number of pyridine rings is 1. The van der Waals surface area contributed by atoms with Crippen molar-refractivity contribution in [1.29, 1.82) is 0 Å². The second-order valence-corrected chi connectivity index (χ2v) is 4.26. The number of aryl methyl sites for hydroxylation is 3. The van der Waals surface area contributed by atoms with Gasteiger partial charge in [-0.3, -0.25) is 9.97 Å². The van der Waals surface area contributed by atoms with Crippen LogP contribution in [-0.4, -0.2) is 15.0 Å². The standard InChI is InChI=1S/C14H18N4/c1-4-12-6-5-7-15-13(12)9-17-14-11(3)16-8-10(2)18-14/h5-8H,4,9H2,1-3H3,(H,17,18). The molecule has 94 valence electrons. The Morgan fingerprint density at radius 2 is 2.06 bits per heavy atom. The van der Waals surface area contributed by atoms with Crippen molar-refractivity contribution >= 4 is 5.82 Å². The second-order valence-electron chi connectivity index (χ2n) is 4.26. The molecule has 18 heavy (non-hydrogen) atoms. The topological polar surface area (TPSA) is 50.7 Å². The van der Waals surface area contributed by atoms with Crippen LogP contribution < -0.4 is 5.32 Å². The summed E-state index contributed by atoms with van der Waals surface area (Å²) >= 11 is 0. The first kappa shape index (κ1) is 12.5. The van der Waals surface area contributed by atoms with Gasteiger partial charge in [-0.2, -0.15) is 0 Å². The van der Waals surface area contributed by atoms with Crippen LogP contribution in [0.4, 0.5) is 5.82 Å². The van der Waals surface area contributed by atoms with Crippen LogP contribution in [0.3, 0.4) is 0 Å². The zero-order valence-electron chi connectivity index (χ0n) is 11.1. The molecule has 0 saturated carbocycles. The molecule has 0 spiro atoms. The van der Waals surface area contributed by atoms with E-state index in [4.69, 9.17) is 0 Å². The van der Waals surface area contributed by atoms with Gasteiger partial charge in [0.1, 0.15) is 5.82 Å². The summed E-state index contributed by atoms with van der Waals surface area (Å²) in [6, 6.07) is 4.08. The molecule has 0 saturated heterocycles. The Hall–Kier alpha value is -1.97. The minimum Gasteiger partial charge on any atom is -0.363 e. The molecule has 1 N–H and O–H groups in total. The summed E-state index contributed by atoms with van der Waals surface area (Å²) in [5.74, 6) is 0.836. The molecule has 4 nitrogen and oxygen atoms in total. The van der Waals surface area contributed by atoms with E-state index in [2.05, 4.69) is 33.3 Å². The highest BCUT2D eigenvalue weighted by molar-refractivity contribution is 5.40. The second kappa shape index (κ2) is 5.58. The maximum Gasteiger partial charge on any atom is 0.148 e. The van der Waals surface area contributed by atoms with Crippen LogP contribution in [0.15, 0.2) is 24.5 Å². The number of rotatable bonds is 4. The predicted molar refractivity (Wildman–Crippen MR) is 72.4 cm³/mol. The summed E-state index contributed by atoms with van der Waals surface area (Å²) in [4.78, 5) is 13.1. The largest absolute Gasteiger partial charge is 0.363 e. The van der Waals surface area contributed by atoms with Crippen molar-refractivity contribution in [1.82, 2.24) is 15.0 Å². The third-order valence-electron chi connectivity index (χ3n) is 2.86. The van der Waals surface area contributed by atoms with Crippen LogP contribution in [0, 0.1) is 13.8 Å². The van der Waals surface area contributed by atoms with Crippen molar-refractivity contribution in [2.24, 2.45) is 0 Å². The molecule has 0 unspecified atom stereocenters. The third-order valence-corrected chi connectivity index (χ3v) is 2.86. The van der Waals surface area contributed by atoms with Gasteiger partial charge in [0, 0.05) is 12.4 Å². The Balaban J connectivity index is 2.14. The van der Waals surface area contributed by atoms with E-state index < -0.39 is 0 Å². The number of nitrogens with one attached hydrogen (secondary N) is 1. The molecule has 0 aliphatic heterocycles. The molecule has 0 atom stereocenters. The zero-order valence-corrected chi connectivity index (χ0v) is 11.1. The van der Waals surface area contributed by atoms with E-state index >= 15 is 0 Å². The highest BCUT2D eigenvalue weighted by Crippen LogP contribution is 2.12. The van der Waals surface area contributed by atoms with Crippen molar-refractivity contribution in [3.8, 4) is 0 Å². The summed E-state index contributed by atoms with van der Waals surface area (Å²) in [5.41, 5.74) is 4.17. The normalized spacial score (nSPS) is 10.4. The lowest BCUT2D eigenvalue weighted by atomic mass is 10.1. The Morgan fingerprint density at radius 3 is 2.83 bits per heavy atom. The molecule has 0 aromatic carbocycles. The molecule has 2 rings (SSSR count). The van der Waals surface area contributed by atoms with Crippen LogP contribution in [0.1, 0.15) is 29.6 Å². The molecule has 0 aliphatic carbocycles. The quantitative estimate of drug-likeness (QED) is 0.895. The highest BCUT2D eigenvalue weighted by Gasteiger charge is 2.04. The average molecular weight is 242 g/mol. The Bertz CT molecular complexity index is 537. The number of anilines is 1. The fraction of sp³-hybridized carbons (Fsp3) is 0.357. The molecule has 0 fully saturated rings. The minimum absolute atomic E-state index is 0.684. The monoisotopic (exact) mass is 242 g/mol. The van der Waals surface area contributed by atoms with Gasteiger partial charge >= 0.3 is 0 Å². The smallest absolute Gasteiger partial charge is 0.148 e. The van der Waals surface area contributed by atoms with Crippen LogP contribution in [-0.2, 0) is 13.0 Å². The molecular weight excluding hydrogens is 224 g/mol. The van der Waals surface area contributed by atoms with Crippen molar-refractivity contribution < 1.29 is 0 Å². The lowest BCUT2D eigenvalue weighted by molar-refractivity contribution is 0.949. The Kier molecular flexibility index (Phi) is 3.87. The van der Waals surface area contributed by atoms with Gasteiger partial charge in [-0.15, -0.1) is 0 Å². The van der Waals surface area contributed by atoms with Crippen molar-refractivity contribution in [2.75, 3.05) is 5.32 Å². The van der Waals surface area contributed by atoms with E-state index in [9.17, 15) is 0 Å². The van der Waals surface area contributed by atoms with Crippen LogP contribution in [0.5, 0.6) is 0 Å². The first-order valence-corrected chi connectivity index (χ1v) is 6.17. The Morgan fingerprint density at radius 1 is 1.22 bits per heavy atom. The van der Waals surface area contributed by atoms with Gasteiger partial charge in [-0.25, -0.2) is 4.98 Å². The predicted octanol–water partition coefficient (Wildman–Crippen LogP) is 2.66. The SMILES string of the molecule is CCc1cccnc1CNc1nc(C)cnc1C. The fourth-order valence-corrected chi connectivity index (χ4v) is 1.82. The molecule has 0 bridgehead atoms. The van der Waals surface area contributed by atoms with Gasteiger partial charge in [0.2, 0.25) is 0 Å². The number of nitrogens with zero attached hydrogens (tertiary/aromatic N) is 3. The minimum atomic E-state index is 0.684. The van der Waals surface area contributed by atoms with E-state index in [1.807, 2.05) is 26.1 Å². The maximum absolute atomic E-state index is 4.44. The maximum atomic E-state index is 4.44. The van der Waals surface area contributed by atoms with E-state index in [0.29, 0.717) is 6.54 Å². The van der Waals surface area contributed by atoms with Gasteiger partial charge in [0.05, 0.1) is 23.6 Å². The fourth-order valence-electron chi connectivity index (χ4n) is 1.82. The zero-order chi connectivity index (χ0) is 13.0. The number of aromatic nitrogens is 3. The van der Waals surface area contributed by atoms with Gasteiger partial charge in [0.25, 0.3) is 0 Å². The lowest BCUT2D eigenvalue weighted by Crippen LogP contribution is -2.08. The van der Waals surface area contributed by atoms with Gasteiger partial charge in [-0.1, -0.05) is 13.0 Å². The molecule has 0 radical (unpaired) electrons. The summed E-state index contributed by atoms with van der Waals surface area (Å²) in [6.45, 7) is 6.71. The summed E-state index contributed by atoms with van der Waals surface area (Å²) in [5, 5.41) is 3.31. The molecule has 4 heteroatoms. The molecule has 0 amide bonds. The van der Waals surface area contributed by atoms with Crippen LogP contribution in [0.25, 0.3) is 0 Å². The molecule has 2 heterocycles. The van der Waals surface area contributed by atoms with Crippen LogP contribution in [0.2, 0.25) is 0 Å². The third kappa shape index (κ3) is 2.83. The molecular formula is C14H18N4. The van der Waals surface area contributed by atoms with Crippen molar-refractivity contribution in [2.45, 2.75) is 33.7 Å². The van der Waals surface area contributed by atoms with Gasteiger partial charge < -0.3 is 5.32 Å². The lowest BCUT2D eigenvalue weighted by Gasteiger charge is -2.10. The molecule has 2 aromatic heterocycles. The molecule has 0 aliphatic rings.